The highest BCUT2D eigenvalue weighted by Crippen LogP contribution is 2.27. The number of amides is 1. The third-order valence-electron chi connectivity index (χ3n) is 5.57. The van der Waals surface area contributed by atoms with Crippen molar-refractivity contribution in [3.8, 4) is 0 Å². The fraction of sp³-hybridized carbons (Fsp3) is 0.435. The van der Waals surface area contributed by atoms with Crippen LogP contribution in [0, 0.1) is 18.8 Å². The van der Waals surface area contributed by atoms with Crippen LogP contribution >= 0.6 is 0 Å². The zero-order valence-corrected chi connectivity index (χ0v) is 18.4. The molecule has 3 rings (SSSR count). The van der Waals surface area contributed by atoms with E-state index in [1.54, 1.807) is 16.4 Å². The second-order valence-electron chi connectivity index (χ2n) is 8.21. The van der Waals surface area contributed by atoms with Gasteiger partial charge in [-0.25, -0.2) is 8.42 Å². The molecule has 0 radical (unpaired) electrons. The molecule has 29 heavy (non-hydrogen) atoms. The van der Waals surface area contributed by atoms with Gasteiger partial charge in [0.05, 0.1) is 4.90 Å². The first-order valence-electron chi connectivity index (χ1n) is 10.2. The van der Waals surface area contributed by atoms with E-state index in [2.05, 4.69) is 19.2 Å². The number of sulfonamides is 1. The molecule has 0 bridgehead atoms. The van der Waals surface area contributed by atoms with Gasteiger partial charge in [-0.3, -0.25) is 4.79 Å². The molecular formula is C23H30N2O3S. The number of para-hydroxylation sites is 1. The lowest BCUT2D eigenvalue weighted by molar-refractivity contribution is 0.102. The molecule has 2 aromatic rings. The highest BCUT2D eigenvalue weighted by Gasteiger charge is 2.31. The van der Waals surface area contributed by atoms with E-state index in [4.69, 9.17) is 0 Å². The maximum absolute atomic E-state index is 13.0. The van der Waals surface area contributed by atoms with E-state index >= 15 is 0 Å². The molecule has 0 spiro atoms. The number of nitrogens with zero attached hydrogens (tertiary/aromatic N) is 1. The van der Waals surface area contributed by atoms with Gasteiger partial charge in [-0.05, 0) is 67.0 Å². The van der Waals surface area contributed by atoms with Gasteiger partial charge in [0.15, 0.2) is 0 Å². The molecule has 5 nitrogen and oxygen atoms in total. The summed E-state index contributed by atoms with van der Waals surface area (Å²) in [5, 5.41) is 2.98. The van der Waals surface area contributed by atoms with Gasteiger partial charge >= 0.3 is 0 Å². The van der Waals surface area contributed by atoms with Gasteiger partial charge in [-0.2, -0.15) is 4.31 Å². The zero-order chi connectivity index (χ0) is 21.2. The molecule has 0 unspecified atom stereocenters. The molecule has 6 heteroatoms. The van der Waals surface area contributed by atoms with Crippen molar-refractivity contribution in [2.75, 3.05) is 18.4 Å². The second-order valence-corrected chi connectivity index (χ2v) is 10.1. The molecule has 2 aromatic carbocycles. The number of aryl methyl sites for hydroxylation is 2. The average molecular weight is 415 g/mol. The van der Waals surface area contributed by atoms with Crippen molar-refractivity contribution in [3.05, 3.63) is 59.2 Å². The topological polar surface area (TPSA) is 66.5 Å². The Labute approximate surface area is 174 Å². The maximum atomic E-state index is 13.0. The van der Waals surface area contributed by atoms with Gasteiger partial charge in [0.2, 0.25) is 10.0 Å². The Morgan fingerprint density at radius 2 is 1.69 bits per heavy atom. The predicted molar refractivity (Wildman–Crippen MR) is 117 cm³/mol. The van der Waals surface area contributed by atoms with E-state index in [1.807, 2.05) is 32.0 Å². The van der Waals surface area contributed by atoms with Gasteiger partial charge < -0.3 is 5.32 Å². The largest absolute Gasteiger partial charge is 0.321 e. The smallest absolute Gasteiger partial charge is 0.255 e. The van der Waals surface area contributed by atoms with Gasteiger partial charge in [-0.1, -0.05) is 39.0 Å². The van der Waals surface area contributed by atoms with E-state index in [-0.39, 0.29) is 10.8 Å². The zero-order valence-electron chi connectivity index (χ0n) is 17.6. The molecule has 1 N–H and O–H groups in total. The number of hydrogen-bond acceptors (Lipinski definition) is 3. The van der Waals surface area contributed by atoms with Crippen LogP contribution in [0.15, 0.2) is 47.4 Å². The summed E-state index contributed by atoms with van der Waals surface area (Å²) in [7, 11) is -3.54. The quantitative estimate of drug-likeness (QED) is 0.785. The van der Waals surface area contributed by atoms with Crippen LogP contribution in [0.3, 0.4) is 0 Å². The van der Waals surface area contributed by atoms with E-state index < -0.39 is 10.0 Å². The number of hydrogen-bond donors (Lipinski definition) is 1. The number of carbonyl (C=O) groups is 1. The molecule has 0 saturated carbocycles. The predicted octanol–water partition coefficient (Wildman–Crippen LogP) is 4.48. The van der Waals surface area contributed by atoms with Crippen molar-refractivity contribution in [2.45, 2.75) is 45.4 Å². The molecule has 1 aliphatic heterocycles. The second kappa shape index (κ2) is 8.67. The first kappa shape index (κ1) is 21.5. The van der Waals surface area contributed by atoms with Gasteiger partial charge in [-0.15, -0.1) is 0 Å². The Hall–Kier alpha value is -2.18. The molecule has 2 atom stereocenters. The molecule has 156 valence electrons. The van der Waals surface area contributed by atoms with Crippen LogP contribution in [0.5, 0.6) is 0 Å². The normalized spacial score (nSPS) is 20.4. The highest BCUT2D eigenvalue weighted by atomic mass is 32.2. The minimum Gasteiger partial charge on any atom is -0.321 e. The monoisotopic (exact) mass is 414 g/mol. The van der Waals surface area contributed by atoms with Crippen LogP contribution in [0.25, 0.3) is 0 Å². The lowest BCUT2D eigenvalue weighted by Crippen LogP contribution is -2.42. The summed E-state index contributed by atoms with van der Waals surface area (Å²) < 4.78 is 27.6. The summed E-state index contributed by atoms with van der Waals surface area (Å²) >= 11 is 0. The van der Waals surface area contributed by atoms with Gasteiger partial charge in [0.25, 0.3) is 5.91 Å². The first-order valence-corrected chi connectivity index (χ1v) is 11.7. The van der Waals surface area contributed by atoms with Crippen molar-refractivity contribution < 1.29 is 13.2 Å². The molecular weight excluding hydrogens is 384 g/mol. The molecule has 1 aliphatic rings. The number of carbonyl (C=O) groups excluding carboxylic acids is 1. The minimum absolute atomic E-state index is 0.237. The summed E-state index contributed by atoms with van der Waals surface area (Å²) in [5.74, 6) is 0.457. The number of anilines is 1. The van der Waals surface area contributed by atoms with Crippen LogP contribution < -0.4 is 5.32 Å². The summed E-state index contributed by atoms with van der Waals surface area (Å²) in [5.41, 5.74) is 3.35. The molecule has 1 saturated heterocycles. The molecule has 1 fully saturated rings. The fourth-order valence-electron chi connectivity index (χ4n) is 4.12. The Morgan fingerprint density at radius 1 is 1.07 bits per heavy atom. The Bertz CT molecular complexity index is 974. The number of rotatable bonds is 5. The third-order valence-corrected chi connectivity index (χ3v) is 7.41. The van der Waals surface area contributed by atoms with Crippen LogP contribution in [0.4, 0.5) is 5.69 Å². The Balaban J connectivity index is 1.79. The Kier molecular flexibility index (Phi) is 6.44. The lowest BCUT2D eigenvalue weighted by atomic mass is 9.94. The van der Waals surface area contributed by atoms with Crippen LogP contribution in [0.2, 0.25) is 0 Å². The van der Waals surface area contributed by atoms with Gasteiger partial charge in [0.1, 0.15) is 0 Å². The van der Waals surface area contributed by atoms with E-state index in [1.165, 1.54) is 12.1 Å². The maximum Gasteiger partial charge on any atom is 0.255 e. The summed E-state index contributed by atoms with van der Waals surface area (Å²) in [4.78, 5) is 12.9. The lowest BCUT2D eigenvalue weighted by Gasteiger charge is -2.34. The fourth-order valence-corrected chi connectivity index (χ4v) is 5.80. The first-order chi connectivity index (χ1) is 13.7. The molecule has 1 heterocycles. The summed E-state index contributed by atoms with van der Waals surface area (Å²) in [6, 6.07) is 12.2. The SMILES string of the molecule is CCc1cccc(C)c1NC(=O)c1ccc(S(=O)(=O)N2C[C@H](C)C[C@H](C)C2)cc1. The minimum atomic E-state index is -3.54. The summed E-state index contributed by atoms with van der Waals surface area (Å²) in [6.45, 7) is 9.27. The van der Waals surface area contributed by atoms with Gasteiger partial charge in [0, 0.05) is 24.3 Å². The van der Waals surface area contributed by atoms with Crippen LogP contribution in [-0.4, -0.2) is 31.7 Å². The molecule has 0 aromatic heterocycles. The van der Waals surface area contributed by atoms with E-state index in [0.717, 1.165) is 29.7 Å². The van der Waals surface area contributed by atoms with E-state index in [9.17, 15) is 13.2 Å². The van der Waals surface area contributed by atoms with E-state index in [0.29, 0.717) is 30.5 Å². The molecule has 1 amide bonds. The number of nitrogens with one attached hydrogen (secondary N) is 1. The molecule has 0 aliphatic carbocycles. The van der Waals surface area contributed by atoms with Crippen LogP contribution in [-0.2, 0) is 16.4 Å². The summed E-state index contributed by atoms with van der Waals surface area (Å²) in [6.07, 6.45) is 1.87. The van der Waals surface area contributed by atoms with Crippen molar-refractivity contribution in [2.24, 2.45) is 11.8 Å². The van der Waals surface area contributed by atoms with Crippen molar-refractivity contribution in [3.63, 3.8) is 0 Å². The van der Waals surface area contributed by atoms with Crippen molar-refractivity contribution in [1.29, 1.82) is 0 Å². The number of benzene rings is 2. The highest BCUT2D eigenvalue weighted by molar-refractivity contribution is 7.89. The third kappa shape index (κ3) is 4.70. The van der Waals surface area contributed by atoms with Crippen molar-refractivity contribution >= 4 is 21.6 Å². The Morgan fingerprint density at radius 3 is 2.28 bits per heavy atom. The van der Waals surface area contributed by atoms with Crippen LogP contribution in [0.1, 0.15) is 48.7 Å². The average Bonchev–Trinajstić information content (AvgIpc) is 2.68. The number of piperidine rings is 1. The van der Waals surface area contributed by atoms with Crippen molar-refractivity contribution in [1.82, 2.24) is 4.31 Å². The standard InChI is InChI=1S/C23H30N2O3S/c1-5-19-8-6-7-18(4)22(19)24-23(26)20-9-11-21(12-10-20)29(27,28)25-14-16(2)13-17(3)15-25/h6-12,16-17H,5,13-15H2,1-4H3,(H,24,26)/t16-,17+.